The van der Waals surface area contributed by atoms with Crippen molar-refractivity contribution in [2.45, 2.75) is 46.5 Å². The molecule has 30 heavy (non-hydrogen) atoms. The van der Waals surface area contributed by atoms with Crippen molar-refractivity contribution in [3.05, 3.63) is 75.3 Å². The molecule has 2 aromatic heterocycles. The number of carbonyl (C=O) groups excluding carboxylic acids is 1. The number of nitrogens with one attached hydrogen (secondary N) is 1. The summed E-state index contributed by atoms with van der Waals surface area (Å²) < 4.78 is 11.0. The summed E-state index contributed by atoms with van der Waals surface area (Å²) in [5, 5.41) is 4.76. The van der Waals surface area contributed by atoms with Crippen LogP contribution in [0.5, 0.6) is 0 Å². The monoisotopic (exact) mass is 403 g/mol. The summed E-state index contributed by atoms with van der Waals surface area (Å²) in [6.07, 6.45) is 2.22. The van der Waals surface area contributed by atoms with Gasteiger partial charge in [0, 0.05) is 34.5 Å². The fraction of sp³-hybridized carbons (Fsp3) is 0.280. The molecule has 0 saturated carbocycles. The summed E-state index contributed by atoms with van der Waals surface area (Å²) in [7, 11) is 0. The Labute approximate surface area is 174 Å². The lowest BCUT2D eigenvalue weighted by Gasteiger charge is -2.10. The van der Waals surface area contributed by atoms with E-state index in [0.717, 1.165) is 27.6 Å². The highest BCUT2D eigenvalue weighted by Gasteiger charge is 2.15. The minimum Gasteiger partial charge on any atom is -0.464 e. The lowest BCUT2D eigenvalue weighted by molar-refractivity contribution is -0.116. The zero-order valence-corrected chi connectivity index (χ0v) is 17.7. The molecule has 154 valence electrons. The first kappa shape index (κ1) is 20.0. The van der Waals surface area contributed by atoms with Gasteiger partial charge in [-0.25, -0.2) is 4.79 Å². The van der Waals surface area contributed by atoms with Crippen LogP contribution in [0.25, 0.3) is 21.9 Å². The zero-order chi connectivity index (χ0) is 21.4. The van der Waals surface area contributed by atoms with Crippen molar-refractivity contribution in [2.75, 3.05) is 5.32 Å². The van der Waals surface area contributed by atoms with Gasteiger partial charge in [-0.15, -0.1) is 0 Å². The number of carbonyl (C=O) groups is 1. The molecule has 0 unspecified atom stereocenters. The lowest BCUT2D eigenvalue weighted by Crippen LogP contribution is -2.16. The third-order valence-electron chi connectivity index (χ3n) is 5.64. The number of hydrogen-bond acceptors (Lipinski definition) is 4. The molecule has 0 spiro atoms. The van der Waals surface area contributed by atoms with E-state index in [1.54, 1.807) is 12.3 Å². The Morgan fingerprint density at radius 2 is 1.77 bits per heavy atom. The normalized spacial score (nSPS) is 11.5. The lowest BCUT2D eigenvalue weighted by atomic mass is 10.0. The summed E-state index contributed by atoms with van der Waals surface area (Å²) in [4.78, 5) is 25.0. The highest BCUT2D eigenvalue weighted by atomic mass is 16.4. The first-order valence-corrected chi connectivity index (χ1v) is 10.2. The van der Waals surface area contributed by atoms with Crippen molar-refractivity contribution >= 4 is 33.5 Å². The largest absolute Gasteiger partial charge is 0.464 e. The van der Waals surface area contributed by atoms with Crippen LogP contribution >= 0.6 is 0 Å². The average Bonchev–Trinajstić information content (AvgIpc) is 3.07. The van der Waals surface area contributed by atoms with E-state index in [1.807, 2.05) is 44.2 Å². The molecule has 0 aliphatic rings. The summed E-state index contributed by atoms with van der Waals surface area (Å²) in [5.41, 5.74) is 5.17. The second-order valence-corrected chi connectivity index (χ2v) is 8.08. The topological polar surface area (TPSA) is 72.5 Å². The van der Waals surface area contributed by atoms with Crippen LogP contribution in [0.1, 0.15) is 48.4 Å². The summed E-state index contributed by atoms with van der Waals surface area (Å²) in [6.45, 7) is 8.14. The quantitative estimate of drug-likeness (QED) is 0.424. The van der Waals surface area contributed by atoms with Crippen molar-refractivity contribution in [1.82, 2.24) is 0 Å². The first-order chi connectivity index (χ1) is 14.3. The Morgan fingerprint density at radius 1 is 1.03 bits per heavy atom. The standard InChI is InChI=1S/C25H25NO4/c1-14(2)17-5-7-18(8-6-17)26-24(27)10-9-19-16(4)21-11-20-15(3)13-29-22(20)12-23(21)30-25(19)28/h5-8,11-14H,9-10H2,1-4H3,(H,26,27). The van der Waals surface area contributed by atoms with Gasteiger partial charge in [-0.05, 0) is 61.1 Å². The third-order valence-corrected chi connectivity index (χ3v) is 5.64. The number of benzene rings is 2. The Bertz CT molecular complexity index is 1290. The second-order valence-electron chi connectivity index (χ2n) is 8.08. The summed E-state index contributed by atoms with van der Waals surface area (Å²) in [6, 6.07) is 11.6. The Balaban J connectivity index is 1.54. The van der Waals surface area contributed by atoms with Crippen LogP contribution < -0.4 is 10.9 Å². The summed E-state index contributed by atoms with van der Waals surface area (Å²) in [5.74, 6) is 0.309. The molecule has 0 aliphatic carbocycles. The van der Waals surface area contributed by atoms with E-state index < -0.39 is 5.63 Å². The fourth-order valence-electron chi connectivity index (χ4n) is 3.74. The van der Waals surface area contributed by atoms with Gasteiger partial charge in [-0.3, -0.25) is 4.79 Å². The van der Waals surface area contributed by atoms with Gasteiger partial charge < -0.3 is 14.2 Å². The molecule has 0 radical (unpaired) electrons. The molecule has 4 aromatic rings. The fourth-order valence-corrected chi connectivity index (χ4v) is 3.74. The molecule has 0 saturated heterocycles. The van der Waals surface area contributed by atoms with Gasteiger partial charge >= 0.3 is 5.63 Å². The molecule has 0 fully saturated rings. The number of fused-ring (bicyclic) bond motifs is 2. The SMILES string of the molecule is Cc1coc2cc3oc(=O)c(CCC(=O)Nc4ccc(C(C)C)cc4)c(C)c3cc12. The van der Waals surface area contributed by atoms with Gasteiger partial charge in [0.2, 0.25) is 5.91 Å². The van der Waals surface area contributed by atoms with Crippen molar-refractivity contribution in [2.24, 2.45) is 0 Å². The smallest absolute Gasteiger partial charge is 0.339 e. The number of anilines is 1. The number of amides is 1. The van der Waals surface area contributed by atoms with Gasteiger partial charge in [-0.1, -0.05) is 26.0 Å². The maximum atomic E-state index is 12.5. The molecular formula is C25H25NO4. The van der Waals surface area contributed by atoms with Crippen LogP contribution in [-0.2, 0) is 11.2 Å². The van der Waals surface area contributed by atoms with Crippen molar-refractivity contribution < 1.29 is 13.6 Å². The minimum atomic E-state index is -0.406. The molecular weight excluding hydrogens is 378 g/mol. The Hall–Kier alpha value is -3.34. The molecule has 5 nitrogen and oxygen atoms in total. The van der Waals surface area contributed by atoms with Crippen LogP contribution in [0, 0.1) is 13.8 Å². The van der Waals surface area contributed by atoms with Crippen LogP contribution in [-0.4, -0.2) is 5.91 Å². The van der Waals surface area contributed by atoms with Gasteiger partial charge in [0.25, 0.3) is 0 Å². The van der Waals surface area contributed by atoms with Crippen LogP contribution in [0.15, 0.2) is 56.3 Å². The molecule has 2 heterocycles. The van der Waals surface area contributed by atoms with E-state index >= 15 is 0 Å². The number of rotatable bonds is 5. The predicted octanol–water partition coefficient (Wildman–Crippen LogP) is 5.85. The van der Waals surface area contributed by atoms with E-state index in [0.29, 0.717) is 29.1 Å². The number of aryl methyl sites for hydroxylation is 2. The average molecular weight is 403 g/mol. The molecule has 2 aromatic carbocycles. The second kappa shape index (κ2) is 7.82. The van der Waals surface area contributed by atoms with E-state index in [-0.39, 0.29) is 12.3 Å². The van der Waals surface area contributed by atoms with Crippen molar-refractivity contribution in [3.8, 4) is 0 Å². The maximum absolute atomic E-state index is 12.5. The number of hydrogen-bond donors (Lipinski definition) is 1. The molecule has 4 rings (SSSR count). The third kappa shape index (κ3) is 3.75. The summed E-state index contributed by atoms with van der Waals surface area (Å²) >= 11 is 0. The first-order valence-electron chi connectivity index (χ1n) is 10.2. The van der Waals surface area contributed by atoms with E-state index in [2.05, 4.69) is 19.2 Å². The molecule has 1 N–H and O–H groups in total. The van der Waals surface area contributed by atoms with Crippen LogP contribution in [0.4, 0.5) is 5.69 Å². The Morgan fingerprint density at radius 3 is 2.47 bits per heavy atom. The molecule has 1 amide bonds. The van der Waals surface area contributed by atoms with Crippen LogP contribution in [0.3, 0.4) is 0 Å². The minimum absolute atomic E-state index is 0.132. The van der Waals surface area contributed by atoms with Gasteiger partial charge in [0.15, 0.2) is 0 Å². The molecule has 0 aliphatic heterocycles. The van der Waals surface area contributed by atoms with Crippen LogP contribution in [0.2, 0.25) is 0 Å². The predicted molar refractivity (Wildman–Crippen MR) is 119 cm³/mol. The van der Waals surface area contributed by atoms with Gasteiger partial charge in [-0.2, -0.15) is 0 Å². The van der Waals surface area contributed by atoms with Crippen molar-refractivity contribution in [1.29, 1.82) is 0 Å². The van der Waals surface area contributed by atoms with Crippen molar-refractivity contribution in [3.63, 3.8) is 0 Å². The Kier molecular flexibility index (Phi) is 5.20. The van der Waals surface area contributed by atoms with E-state index in [9.17, 15) is 9.59 Å². The molecule has 0 atom stereocenters. The number of furan rings is 1. The van der Waals surface area contributed by atoms with Gasteiger partial charge in [0.05, 0.1) is 6.26 Å². The van der Waals surface area contributed by atoms with E-state index in [1.165, 1.54) is 5.56 Å². The maximum Gasteiger partial charge on any atom is 0.339 e. The molecule has 0 bridgehead atoms. The highest BCUT2D eigenvalue weighted by Crippen LogP contribution is 2.29. The van der Waals surface area contributed by atoms with E-state index in [4.69, 9.17) is 8.83 Å². The zero-order valence-electron chi connectivity index (χ0n) is 17.7. The highest BCUT2D eigenvalue weighted by molar-refractivity contribution is 5.96. The van der Waals surface area contributed by atoms with Gasteiger partial charge in [0.1, 0.15) is 11.2 Å². The molecule has 5 heteroatoms.